The first-order valence-corrected chi connectivity index (χ1v) is 10.2. The van der Waals surface area contributed by atoms with E-state index in [4.69, 9.17) is 5.73 Å². The smallest absolute Gasteiger partial charge is 0.250 e. The zero-order valence-electron chi connectivity index (χ0n) is 16.6. The summed E-state index contributed by atoms with van der Waals surface area (Å²) in [6.45, 7) is 5.21. The van der Waals surface area contributed by atoms with Gasteiger partial charge < -0.3 is 15.6 Å². The second-order valence-electron chi connectivity index (χ2n) is 8.36. The highest BCUT2D eigenvalue weighted by atomic mass is 19.1. The molecular weight excluding hydrogens is 381 g/mol. The minimum Gasteiger partial charge on any atom is -0.356 e. The van der Waals surface area contributed by atoms with Crippen molar-refractivity contribution in [3.05, 3.63) is 87.7 Å². The van der Waals surface area contributed by atoms with Crippen LogP contribution in [0.2, 0.25) is 0 Å². The molecule has 6 nitrogen and oxygen atoms in total. The lowest BCUT2D eigenvalue weighted by Crippen LogP contribution is -2.45. The molecule has 1 spiro atoms. The molecule has 1 atom stereocenters. The first-order valence-electron chi connectivity index (χ1n) is 10.2. The van der Waals surface area contributed by atoms with Crippen LogP contribution in [0.3, 0.4) is 0 Å². The number of hydrogen-bond acceptors (Lipinski definition) is 4. The molecule has 2 aliphatic rings. The number of aromatic nitrogens is 3. The van der Waals surface area contributed by atoms with Crippen LogP contribution >= 0.6 is 0 Å². The number of nitrogens with one attached hydrogen (secondary N) is 2. The molecule has 1 aliphatic carbocycles. The van der Waals surface area contributed by atoms with Crippen LogP contribution in [0.1, 0.15) is 41.3 Å². The summed E-state index contributed by atoms with van der Waals surface area (Å²) in [7, 11) is 0. The number of H-pyrrole nitrogens is 2. The normalized spacial score (nSPS) is 19.8. The molecule has 154 valence electrons. The molecule has 1 saturated heterocycles. The fraction of sp³-hybridized carbons (Fsp3) is 0.304. The standard InChI is InChI=1S/C23H24FN5O/c1-14(18-6-9-26-28-18)17-12-19(30)27-22(20(17)24)29-10-7-23(8-11-29)13-15-4-2-3-5-16(15)21(23)25/h2-6,9,12,21H,1,7-8,10-11,13,25H2,(H,26,28)(H,27,30)/t21-/m1/s1. The Bertz CT molecular complexity index is 1160. The van der Waals surface area contributed by atoms with Gasteiger partial charge >= 0.3 is 0 Å². The topological polar surface area (TPSA) is 90.8 Å². The number of hydrogen-bond donors (Lipinski definition) is 3. The van der Waals surface area contributed by atoms with Crippen LogP contribution in [-0.4, -0.2) is 28.3 Å². The number of anilines is 1. The van der Waals surface area contributed by atoms with Gasteiger partial charge in [0.2, 0.25) is 5.56 Å². The van der Waals surface area contributed by atoms with E-state index < -0.39 is 5.82 Å². The van der Waals surface area contributed by atoms with Crippen molar-refractivity contribution >= 4 is 11.4 Å². The molecule has 3 heterocycles. The molecular formula is C23H24FN5O. The Labute approximate surface area is 173 Å². The molecule has 1 aromatic carbocycles. The number of benzene rings is 1. The second-order valence-corrected chi connectivity index (χ2v) is 8.36. The summed E-state index contributed by atoms with van der Waals surface area (Å²) in [5.41, 5.74) is 9.99. The van der Waals surface area contributed by atoms with Gasteiger partial charge in [0.1, 0.15) is 5.82 Å². The number of rotatable bonds is 3. The fourth-order valence-electron chi connectivity index (χ4n) is 5.02. The Morgan fingerprint density at radius 3 is 2.73 bits per heavy atom. The van der Waals surface area contributed by atoms with Crippen molar-refractivity contribution in [3.63, 3.8) is 0 Å². The maximum absolute atomic E-state index is 15.4. The van der Waals surface area contributed by atoms with Gasteiger partial charge in [-0.15, -0.1) is 0 Å². The summed E-state index contributed by atoms with van der Waals surface area (Å²) in [5, 5.41) is 6.65. The molecule has 2 aromatic heterocycles. The van der Waals surface area contributed by atoms with E-state index >= 15 is 4.39 Å². The number of fused-ring (bicyclic) bond motifs is 1. The lowest BCUT2D eigenvalue weighted by Gasteiger charge is -2.43. The van der Waals surface area contributed by atoms with Crippen LogP contribution in [-0.2, 0) is 6.42 Å². The zero-order valence-corrected chi connectivity index (χ0v) is 16.6. The highest BCUT2D eigenvalue weighted by Gasteiger charge is 2.46. The third-order valence-electron chi connectivity index (χ3n) is 6.78. The average Bonchev–Trinajstić information content (AvgIpc) is 3.38. The third-order valence-corrected chi connectivity index (χ3v) is 6.78. The van der Waals surface area contributed by atoms with Gasteiger partial charge in [0.05, 0.1) is 5.69 Å². The van der Waals surface area contributed by atoms with Crippen LogP contribution < -0.4 is 16.2 Å². The summed E-state index contributed by atoms with van der Waals surface area (Å²) in [5.74, 6) is -0.249. The van der Waals surface area contributed by atoms with E-state index in [1.54, 1.807) is 12.3 Å². The molecule has 0 saturated carbocycles. The molecule has 0 amide bonds. The summed E-state index contributed by atoms with van der Waals surface area (Å²) in [6, 6.07) is 11.3. The maximum Gasteiger partial charge on any atom is 0.250 e. The SMILES string of the molecule is C=C(c1ccn[nH]1)c1cc(=O)[nH]c(N2CCC3(CC2)Cc2ccccc2[C@H]3N)c1F. The molecule has 5 rings (SSSR count). The molecule has 0 unspecified atom stereocenters. The van der Waals surface area contributed by atoms with Crippen LogP contribution in [0.4, 0.5) is 10.2 Å². The maximum atomic E-state index is 15.4. The van der Waals surface area contributed by atoms with Crippen LogP contribution in [0.15, 0.2) is 54.0 Å². The third kappa shape index (κ3) is 2.89. The Balaban J connectivity index is 1.41. The molecule has 30 heavy (non-hydrogen) atoms. The van der Waals surface area contributed by atoms with Gasteiger partial charge in [-0.3, -0.25) is 9.89 Å². The van der Waals surface area contributed by atoms with Gasteiger partial charge in [0, 0.05) is 42.5 Å². The number of halogens is 1. The number of nitrogens with zero attached hydrogens (tertiary/aromatic N) is 2. The lowest BCUT2D eigenvalue weighted by atomic mass is 9.73. The van der Waals surface area contributed by atoms with Crippen molar-refractivity contribution in [3.8, 4) is 0 Å². The lowest BCUT2D eigenvalue weighted by molar-refractivity contribution is 0.187. The van der Waals surface area contributed by atoms with Crippen molar-refractivity contribution in [1.29, 1.82) is 0 Å². The van der Waals surface area contributed by atoms with Crippen molar-refractivity contribution in [2.24, 2.45) is 11.1 Å². The van der Waals surface area contributed by atoms with Crippen molar-refractivity contribution in [1.82, 2.24) is 15.2 Å². The highest BCUT2D eigenvalue weighted by molar-refractivity contribution is 5.77. The van der Waals surface area contributed by atoms with Gasteiger partial charge in [-0.25, -0.2) is 4.39 Å². The first-order chi connectivity index (χ1) is 14.5. The van der Waals surface area contributed by atoms with Gasteiger partial charge in [0.25, 0.3) is 0 Å². The van der Waals surface area contributed by atoms with Gasteiger partial charge in [-0.2, -0.15) is 5.10 Å². The van der Waals surface area contributed by atoms with E-state index in [2.05, 4.69) is 40.0 Å². The number of piperidine rings is 1. The zero-order chi connectivity index (χ0) is 20.9. The Morgan fingerprint density at radius 2 is 2.03 bits per heavy atom. The number of nitrogens with two attached hydrogens (primary N) is 1. The Morgan fingerprint density at radius 1 is 1.27 bits per heavy atom. The average molecular weight is 405 g/mol. The van der Waals surface area contributed by atoms with E-state index in [-0.39, 0.29) is 28.4 Å². The monoisotopic (exact) mass is 405 g/mol. The first kappa shape index (κ1) is 18.8. The van der Waals surface area contributed by atoms with E-state index in [9.17, 15) is 4.79 Å². The quantitative estimate of drug-likeness (QED) is 0.624. The van der Waals surface area contributed by atoms with Gasteiger partial charge in [0.15, 0.2) is 5.82 Å². The summed E-state index contributed by atoms with van der Waals surface area (Å²) in [4.78, 5) is 16.9. The van der Waals surface area contributed by atoms with Crippen LogP contribution in [0.25, 0.3) is 5.57 Å². The molecule has 0 bridgehead atoms. The molecule has 1 fully saturated rings. The highest BCUT2D eigenvalue weighted by Crippen LogP contribution is 2.51. The molecule has 7 heteroatoms. The molecule has 3 aromatic rings. The number of aromatic amines is 2. The van der Waals surface area contributed by atoms with Crippen LogP contribution in [0, 0.1) is 11.2 Å². The molecule has 1 aliphatic heterocycles. The fourth-order valence-corrected chi connectivity index (χ4v) is 5.02. The van der Waals surface area contributed by atoms with E-state index in [0.717, 1.165) is 19.3 Å². The predicted molar refractivity (Wildman–Crippen MR) is 115 cm³/mol. The summed E-state index contributed by atoms with van der Waals surface area (Å²) >= 11 is 0. The van der Waals surface area contributed by atoms with Crippen molar-refractivity contribution in [2.45, 2.75) is 25.3 Å². The largest absolute Gasteiger partial charge is 0.356 e. The number of pyridine rings is 1. The minimum absolute atomic E-state index is 0.00587. The molecule has 0 radical (unpaired) electrons. The minimum atomic E-state index is -0.468. The van der Waals surface area contributed by atoms with E-state index in [0.29, 0.717) is 24.4 Å². The van der Waals surface area contributed by atoms with E-state index in [1.807, 2.05) is 11.0 Å². The molecule has 4 N–H and O–H groups in total. The van der Waals surface area contributed by atoms with Gasteiger partial charge in [-0.05, 0) is 41.9 Å². The Kier molecular flexibility index (Phi) is 4.36. The summed E-state index contributed by atoms with van der Waals surface area (Å²) < 4.78 is 15.4. The summed E-state index contributed by atoms with van der Waals surface area (Å²) in [6.07, 6.45) is 4.21. The van der Waals surface area contributed by atoms with Crippen LogP contribution in [0.5, 0.6) is 0 Å². The predicted octanol–water partition coefficient (Wildman–Crippen LogP) is 3.14. The van der Waals surface area contributed by atoms with Gasteiger partial charge in [-0.1, -0.05) is 30.8 Å². The van der Waals surface area contributed by atoms with Crippen molar-refractivity contribution < 1.29 is 4.39 Å². The van der Waals surface area contributed by atoms with E-state index in [1.165, 1.54) is 17.2 Å². The van der Waals surface area contributed by atoms with Crippen molar-refractivity contribution in [2.75, 3.05) is 18.0 Å². The Hall–Kier alpha value is -3.19. The second kappa shape index (κ2) is 6.95.